The van der Waals surface area contributed by atoms with Crippen molar-refractivity contribution in [2.45, 2.75) is 12.6 Å². The van der Waals surface area contributed by atoms with Crippen LogP contribution >= 0.6 is 12.4 Å². The molecular weight excluding hydrogens is 249 g/mol. The Bertz CT molecular complexity index is 302. The SMILES string of the molecule is Cl.NC(=O)C1=CN(CC(F)(F)F)C=CC1.O. The first-order valence-electron chi connectivity index (χ1n) is 3.88. The topological polar surface area (TPSA) is 77.8 Å². The van der Waals surface area contributed by atoms with Crippen molar-refractivity contribution >= 4 is 18.3 Å². The Labute approximate surface area is 96.3 Å². The van der Waals surface area contributed by atoms with Gasteiger partial charge in [0.2, 0.25) is 5.91 Å². The third-order valence-corrected chi connectivity index (χ3v) is 1.63. The molecule has 4 nitrogen and oxygen atoms in total. The first-order chi connectivity index (χ1) is 6.38. The van der Waals surface area contributed by atoms with E-state index in [4.69, 9.17) is 5.73 Å². The van der Waals surface area contributed by atoms with Crippen LogP contribution in [0.15, 0.2) is 24.0 Å². The Morgan fingerprint density at radius 3 is 2.50 bits per heavy atom. The molecule has 94 valence electrons. The average molecular weight is 261 g/mol. The zero-order chi connectivity index (χ0) is 10.8. The van der Waals surface area contributed by atoms with E-state index < -0.39 is 18.6 Å². The number of halogens is 4. The Hall–Kier alpha value is -1.21. The van der Waals surface area contributed by atoms with Crippen molar-refractivity contribution in [1.82, 2.24) is 4.90 Å². The van der Waals surface area contributed by atoms with Crippen LogP contribution in [0.3, 0.4) is 0 Å². The number of nitrogens with zero attached hydrogens (tertiary/aromatic N) is 1. The summed E-state index contributed by atoms with van der Waals surface area (Å²) in [5, 5.41) is 0. The van der Waals surface area contributed by atoms with Crippen molar-refractivity contribution in [2.75, 3.05) is 6.54 Å². The first-order valence-corrected chi connectivity index (χ1v) is 3.88. The quantitative estimate of drug-likeness (QED) is 0.795. The Morgan fingerprint density at radius 1 is 1.50 bits per heavy atom. The van der Waals surface area contributed by atoms with Crippen LogP contribution in [0.4, 0.5) is 13.2 Å². The number of nitrogens with two attached hydrogens (primary N) is 1. The zero-order valence-corrected chi connectivity index (χ0v) is 8.94. The van der Waals surface area contributed by atoms with Gasteiger partial charge in [0.15, 0.2) is 0 Å². The number of hydrogen-bond donors (Lipinski definition) is 1. The van der Waals surface area contributed by atoms with Crippen molar-refractivity contribution in [3.63, 3.8) is 0 Å². The van der Waals surface area contributed by atoms with Gasteiger partial charge in [0.05, 0.1) is 0 Å². The third-order valence-electron chi connectivity index (χ3n) is 1.63. The minimum Gasteiger partial charge on any atom is -0.412 e. The fourth-order valence-electron chi connectivity index (χ4n) is 1.08. The second-order valence-corrected chi connectivity index (χ2v) is 2.89. The van der Waals surface area contributed by atoms with Crippen LogP contribution in [-0.4, -0.2) is 29.0 Å². The number of primary amides is 1. The normalized spacial score (nSPS) is 14.7. The maximum atomic E-state index is 11.9. The summed E-state index contributed by atoms with van der Waals surface area (Å²) in [6.07, 6.45) is -0.147. The predicted molar refractivity (Wildman–Crippen MR) is 54.7 cm³/mol. The van der Waals surface area contributed by atoms with Gasteiger partial charge in [-0.3, -0.25) is 4.79 Å². The second-order valence-electron chi connectivity index (χ2n) is 2.89. The number of hydrogen-bond acceptors (Lipinski definition) is 2. The summed E-state index contributed by atoms with van der Waals surface area (Å²) in [5.41, 5.74) is 5.12. The van der Waals surface area contributed by atoms with Crippen molar-refractivity contribution in [2.24, 2.45) is 5.73 Å². The minimum atomic E-state index is -4.29. The van der Waals surface area contributed by atoms with E-state index in [0.717, 1.165) is 11.1 Å². The molecular formula is C8H12ClF3N2O2. The molecule has 1 aliphatic rings. The van der Waals surface area contributed by atoms with E-state index in [0.29, 0.717) is 0 Å². The molecule has 4 N–H and O–H groups in total. The lowest BCUT2D eigenvalue weighted by atomic mass is 10.1. The van der Waals surface area contributed by atoms with Crippen LogP contribution in [0.1, 0.15) is 6.42 Å². The van der Waals surface area contributed by atoms with Gasteiger partial charge >= 0.3 is 6.18 Å². The molecule has 0 aromatic heterocycles. The van der Waals surface area contributed by atoms with E-state index in [2.05, 4.69) is 0 Å². The smallest absolute Gasteiger partial charge is 0.406 e. The molecule has 0 atom stereocenters. The van der Waals surface area contributed by atoms with E-state index in [1.54, 1.807) is 0 Å². The van der Waals surface area contributed by atoms with Crippen LogP contribution in [0.25, 0.3) is 0 Å². The zero-order valence-electron chi connectivity index (χ0n) is 8.12. The maximum absolute atomic E-state index is 11.9. The molecule has 0 aliphatic carbocycles. The highest BCUT2D eigenvalue weighted by Gasteiger charge is 2.29. The molecule has 16 heavy (non-hydrogen) atoms. The van der Waals surface area contributed by atoms with Gasteiger partial charge in [-0.2, -0.15) is 13.2 Å². The van der Waals surface area contributed by atoms with Crippen LogP contribution in [0.2, 0.25) is 0 Å². The summed E-state index contributed by atoms with van der Waals surface area (Å²) in [7, 11) is 0. The molecule has 0 unspecified atom stereocenters. The number of carbonyl (C=O) groups excluding carboxylic acids is 1. The van der Waals surface area contributed by atoms with Gasteiger partial charge in [0.25, 0.3) is 0 Å². The van der Waals surface area contributed by atoms with Gasteiger partial charge < -0.3 is 16.1 Å². The third kappa shape index (κ3) is 5.62. The molecule has 0 spiro atoms. The van der Waals surface area contributed by atoms with Gasteiger partial charge in [-0.1, -0.05) is 6.08 Å². The van der Waals surface area contributed by atoms with E-state index in [9.17, 15) is 18.0 Å². The summed E-state index contributed by atoms with van der Waals surface area (Å²) in [5.74, 6) is -0.693. The van der Waals surface area contributed by atoms with E-state index in [-0.39, 0.29) is 29.9 Å². The molecule has 0 bridgehead atoms. The van der Waals surface area contributed by atoms with Crippen molar-refractivity contribution in [3.8, 4) is 0 Å². The number of amides is 1. The van der Waals surface area contributed by atoms with E-state index >= 15 is 0 Å². The van der Waals surface area contributed by atoms with Gasteiger partial charge in [-0.05, 0) is 6.42 Å². The van der Waals surface area contributed by atoms with Crippen LogP contribution < -0.4 is 5.73 Å². The standard InChI is InChI=1S/C8H9F3N2O.ClH.H2O/c9-8(10,11)5-13-3-1-2-6(4-13)7(12)14;;/h1,3-4H,2,5H2,(H2,12,14);1H;1H2. The highest BCUT2D eigenvalue weighted by Crippen LogP contribution is 2.20. The number of rotatable bonds is 2. The Balaban J connectivity index is 0. The Morgan fingerprint density at radius 2 is 2.06 bits per heavy atom. The van der Waals surface area contributed by atoms with Gasteiger partial charge in [0.1, 0.15) is 6.54 Å². The fourth-order valence-corrected chi connectivity index (χ4v) is 1.08. The van der Waals surface area contributed by atoms with E-state index in [1.165, 1.54) is 12.3 Å². The van der Waals surface area contributed by atoms with Crippen LogP contribution in [0, 0.1) is 0 Å². The number of alkyl halides is 3. The monoisotopic (exact) mass is 260 g/mol. The highest BCUT2D eigenvalue weighted by atomic mass is 35.5. The molecule has 0 saturated carbocycles. The van der Waals surface area contributed by atoms with Crippen molar-refractivity contribution < 1.29 is 23.4 Å². The molecule has 1 aliphatic heterocycles. The first kappa shape index (κ1) is 17.2. The molecule has 8 heteroatoms. The average Bonchev–Trinajstić information content (AvgIpc) is 2.01. The lowest BCUT2D eigenvalue weighted by Crippen LogP contribution is -2.29. The summed E-state index contributed by atoms with van der Waals surface area (Å²) in [6, 6.07) is 0. The molecule has 0 aromatic carbocycles. The lowest BCUT2D eigenvalue weighted by molar-refractivity contribution is -0.136. The number of allylic oxidation sites excluding steroid dienone is 1. The van der Waals surface area contributed by atoms with Crippen LogP contribution in [-0.2, 0) is 4.79 Å². The van der Waals surface area contributed by atoms with Crippen molar-refractivity contribution in [1.29, 1.82) is 0 Å². The van der Waals surface area contributed by atoms with Crippen LogP contribution in [0.5, 0.6) is 0 Å². The predicted octanol–water partition coefficient (Wildman–Crippen LogP) is 0.734. The fraction of sp³-hybridized carbons (Fsp3) is 0.375. The Kier molecular flexibility index (Phi) is 6.87. The van der Waals surface area contributed by atoms with E-state index in [1.807, 2.05) is 0 Å². The summed E-state index contributed by atoms with van der Waals surface area (Å²) >= 11 is 0. The van der Waals surface area contributed by atoms with Gasteiger partial charge in [-0.25, -0.2) is 0 Å². The summed E-state index contributed by atoms with van der Waals surface area (Å²) in [6.45, 7) is -1.11. The maximum Gasteiger partial charge on any atom is 0.406 e. The highest BCUT2D eigenvalue weighted by molar-refractivity contribution is 5.92. The minimum absolute atomic E-state index is 0. The second kappa shape index (κ2) is 6.39. The molecule has 0 saturated heterocycles. The molecule has 1 heterocycles. The van der Waals surface area contributed by atoms with Gasteiger partial charge in [0, 0.05) is 18.0 Å². The largest absolute Gasteiger partial charge is 0.412 e. The molecule has 0 aromatic rings. The van der Waals surface area contributed by atoms with Crippen molar-refractivity contribution in [3.05, 3.63) is 24.0 Å². The number of carbonyl (C=O) groups is 1. The summed E-state index contributed by atoms with van der Waals surface area (Å²) in [4.78, 5) is 11.6. The lowest BCUT2D eigenvalue weighted by Gasteiger charge is -2.21. The van der Waals surface area contributed by atoms with Gasteiger partial charge in [-0.15, -0.1) is 12.4 Å². The summed E-state index contributed by atoms with van der Waals surface area (Å²) < 4.78 is 35.8. The molecule has 0 fully saturated rings. The molecule has 0 radical (unpaired) electrons. The molecule has 1 amide bonds. The molecule has 1 rings (SSSR count).